The Morgan fingerprint density at radius 1 is 1.04 bits per heavy atom. The van der Waals surface area contributed by atoms with Crippen molar-refractivity contribution in [1.82, 2.24) is 9.55 Å². The molecular weight excluding hydrogens is 346 g/mol. The van der Waals surface area contributed by atoms with Gasteiger partial charge in [0, 0.05) is 31.1 Å². The number of anilines is 1. The molecule has 4 heteroatoms. The number of aromatic nitrogens is 2. The van der Waals surface area contributed by atoms with E-state index in [2.05, 4.69) is 48.7 Å². The Morgan fingerprint density at radius 2 is 1.82 bits per heavy atom. The van der Waals surface area contributed by atoms with E-state index in [1.54, 1.807) is 0 Å². The normalized spacial score (nSPS) is 17.0. The van der Waals surface area contributed by atoms with E-state index in [0.29, 0.717) is 13.0 Å². The van der Waals surface area contributed by atoms with E-state index in [0.717, 1.165) is 36.4 Å². The third-order valence-electron chi connectivity index (χ3n) is 5.82. The molecule has 3 aromatic rings. The van der Waals surface area contributed by atoms with Crippen LogP contribution in [0.1, 0.15) is 56.8 Å². The van der Waals surface area contributed by atoms with Crippen LogP contribution in [0, 0.1) is 0 Å². The molecule has 1 atom stereocenters. The molecule has 2 aromatic carbocycles. The number of nitrogens with zero attached hydrogens (tertiary/aromatic N) is 3. The van der Waals surface area contributed by atoms with Crippen molar-refractivity contribution in [3.8, 4) is 0 Å². The fraction of sp³-hybridized carbons (Fsp3) is 0.417. The van der Waals surface area contributed by atoms with Crippen LogP contribution < -0.4 is 4.90 Å². The molecule has 0 unspecified atom stereocenters. The fourth-order valence-corrected chi connectivity index (χ4v) is 4.35. The van der Waals surface area contributed by atoms with Crippen molar-refractivity contribution in [2.45, 2.75) is 58.4 Å². The van der Waals surface area contributed by atoms with E-state index < -0.39 is 0 Å². The molecule has 0 radical (unpaired) electrons. The van der Waals surface area contributed by atoms with Gasteiger partial charge in [-0.2, -0.15) is 0 Å². The van der Waals surface area contributed by atoms with Crippen LogP contribution in [0.3, 0.4) is 0 Å². The lowest BCUT2D eigenvalue weighted by molar-refractivity contribution is -0.117. The number of carbonyl (C=O) groups excluding carboxylic acids is 1. The minimum atomic E-state index is 0.145. The average molecular weight is 376 g/mol. The van der Waals surface area contributed by atoms with Crippen molar-refractivity contribution in [2.24, 2.45) is 0 Å². The molecule has 1 fully saturated rings. The maximum atomic E-state index is 12.9. The van der Waals surface area contributed by atoms with Crippen molar-refractivity contribution >= 4 is 22.6 Å². The standard InChI is InChI=1S/C24H29N3O/c1-3-5-10-15-26-22-14-9-7-12-20(22)25-24(26)19-16-23(28)27(17-19)21-13-8-6-11-18(21)4-2/h6-9,11-14,19H,3-5,10,15-17H2,1-2H3/t19-/m1/s1. The third-order valence-corrected chi connectivity index (χ3v) is 5.82. The largest absolute Gasteiger partial charge is 0.328 e. The highest BCUT2D eigenvalue weighted by molar-refractivity contribution is 5.97. The molecule has 28 heavy (non-hydrogen) atoms. The number of aryl methyl sites for hydroxylation is 2. The van der Waals surface area contributed by atoms with Gasteiger partial charge in [0.1, 0.15) is 5.82 Å². The molecule has 2 heterocycles. The first kappa shape index (κ1) is 18.7. The lowest BCUT2D eigenvalue weighted by atomic mass is 10.1. The number of para-hydroxylation sites is 3. The van der Waals surface area contributed by atoms with Gasteiger partial charge in [0.05, 0.1) is 11.0 Å². The number of carbonyl (C=O) groups is 1. The molecular formula is C24H29N3O. The molecule has 1 amide bonds. The number of imidazole rings is 1. The monoisotopic (exact) mass is 375 g/mol. The SMILES string of the molecule is CCCCCn1c([C@@H]2CC(=O)N(c3ccccc3CC)C2)nc2ccccc21. The van der Waals surface area contributed by atoms with Crippen LogP contribution in [-0.4, -0.2) is 22.0 Å². The summed E-state index contributed by atoms with van der Waals surface area (Å²) in [6.07, 6.45) is 5.03. The number of hydrogen-bond donors (Lipinski definition) is 0. The summed E-state index contributed by atoms with van der Waals surface area (Å²) >= 11 is 0. The molecule has 0 spiro atoms. The van der Waals surface area contributed by atoms with Gasteiger partial charge in [-0.25, -0.2) is 4.98 Å². The summed E-state index contributed by atoms with van der Waals surface area (Å²) in [6, 6.07) is 16.6. The van der Waals surface area contributed by atoms with Crippen LogP contribution in [0.4, 0.5) is 5.69 Å². The Kier molecular flexibility index (Phi) is 5.47. The van der Waals surface area contributed by atoms with Crippen LogP contribution >= 0.6 is 0 Å². The summed E-state index contributed by atoms with van der Waals surface area (Å²) < 4.78 is 2.36. The average Bonchev–Trinajstić information content (AvgIpc) is 3.29. The molecule has 1 aliphatic heterocycles. The predicted molar refractivity (Wildman–Crippen MR) is 115 cm³/mol. The van der Waals surface area contributed by atoms with E-state index in [1.807, 2.05) is 23.1 Å². The van der Waals surface area contributed by atoms with Crippen molar-refractivity contribution in [1.29, 1.82) is 0 Å². The first-order valence-corrected chi connectivity index (χ1v) is 10.6. The van der Waals surface area contributed by atoms with Gasteiger partial charge in [-0.3, -0.25) is 4.79 Å². The molecule has 1 aromatic heterocycles. The minimum Gasteiger partial charge on any atom is -0.328 e. The van der Waals surface area contributed by atoms with Gasteiger partial charge in [0.15, 0.2) is 0 Å². The van der Waals surface area contributed by atoms with E-state index in [1.165, 1.54) is 23.9 Å². The smallest absolute Gasteiger partial charge is 0.227 e. The van der Waals surface area contributed by atoms with Crippen molar-refractivity contribution < 1.29 is 4.79 Å². The van der Waals surface area contributed by atoms with Crippen LogP contribution in [0.15, 0.2) is 48.5 Å². The lowest BCUT2D eigenvalue weighted by Crippen LogP contribution is -2.25. The minimum absolute atomic E-state index is 0.145. The summed E-state index contributed by atoms with van der Waals surface area (Å²) in [5.74, 6) is 1.42. The number of hydrogen-bond acceptors (Lipinski definition) is 2. The zero-order valence-electron chi connectivity index (χ0n) is 16.9. The highest BCUT2D eigenvalue weighted by Crippen LogP contribution is 2.34. The molecule has 1 aliphatic rings. The lowest BCUT2D eigenvalue weighted by Gasteiger charge is -2.20. The van der Waals surface area contributed by atoms with E-state index in [9.17, 15) is 4.79 Å². The summed E-state index contributed by atoms with van der Waals surface area (Å²) in [4.78, 5) is 19.8. The quantitative estimate of drug-likeness (QED) is 0.525. The Balaban J connectivity index is 1.67. The second-order valence-electron chi connectivity index (χ2n) is 7.71. The van der Waals surface area contributed by atoms with Gasteiger partial charge in [-0.15, -0.1) is 0 Å². The van der Waals surface area contributed by atoms with Crippen molar-refractivity contribution in [3.63, 3.8) is 0 Å². The number of fused-ring (bicyclic) bond motifs is 1. The van der Waals surface area contributed by atoms with Gasteiger partial charge < -0.3 is 9.47 Å². The molecule has 0 bridgehead atoms. The van der Waals surface area contributed by atoms with Gasteiger partial charge in [0.2, 0.25) is 5.91 Å². The maximum Gasteiger partial charge on any atom is 0.227 e. The summed E-state index contributed by atoms with van der Waals surface area (Å²) in [5.41, 5.74) is 4.52. The van der Waals surface area contributed by atoms with Gasteiger partial charge >= 0.3 is 0 Å². The zero-order valence-corrected chi connectivity index (χ0v) is 16.9. The number of unbranched alkanes of at least 4 members (excludes halogenated alkanes) is 2. The molecule has 0 saturated carbocycles. The number of rotatable bonds is 7. The Labute approximate surface area is 167 Å². The van der Waals surface area contributed by atoms with Crippen LogP contribution in [0.2, 0.25) is 0 Å². The van der Waals surface area contributed by atoms with Crippen LogP contribution in [0.5, 0.6) is 0 Å². The highest BCUT2D eigenvalue weighted by Gasteiger charge is 2.35. The van der Waals surface area contributed by atoms with Gasteiger partial charge in [-0.05, 0) is 36.6 Å². The Bertz CT molecular complexity index is 975. The van der Waals surface area contributed by atoms with Crippen molar-refractivity contribution in [2.75, 3.05) is 11.4 Å². The summed E-state index contributed by atoms with van der Waals surface area (Å²) in [7, 11) is 0. The maximum absolute atomic E-state index is 12.9. The fourth-order valence-electron chi connectivity index (χ4n) is 4.35. The Morgan fingerprint density at radius 3 is 2.64 bits per heavy atom. The molecule has 0 N–H and O–H groups in total. The second kappa shape index (κ2) is 8.17. The highest BCUT2D eigenvalue weighted by atomic mass is 16.2. The first-order chi connectivity index (χ1) is 13.7. The summed E-state index contributed by atoms with van der Waals surface area (Å²) in [6.45, 7) is 6.06. The van der Waals surface area contributed by atoms with E-state index in [4.69, 9.17) is 4.98 Å². The van der Waals surface area contributed by atoms with Crippen molar-refractivity contribution in [3.05, 3.63) is 59.9 Å². The first-order valence-electron chi connectivity index (χ1n) is 10.6. The van der Waals surface area contributed by atoms with E-state index >= 15 is 0 Å². The number of amides is 1. The molecule has 4 nitrogen and oxygen atoms in total. The third kappa shape index (κ3) is 3.44. The molecule has 4 rings (SSSR count). The molecule has 0 aliphatic carbocycles. The number of benzene rings is 2. The second-order valence-corrected chi connectivity index (χ2v) is 7.71. The van der Waals surface area contributed by atoms with Crippen LogP contribution in [0.25, 0.3) is 11.0 Å². The zero-order chi connectivity index (χ0) is 19.5. The van der Waals surface area contributed by atoms with Gasteiger partial charge in [-0.1, -0.05) is 57.0 Å². The molecule has 1 saturated heterocycles. The topological polar surface area (TPSA) is 38.1 Å². The predicted octanol–water partition coefficient (Wildman–Crippen LogP) is 5.31. The molecule has 146 valence electrons. The summed E-state index contributed by atoms with van der Waals surface area (Å²) in [5, 5.41) is 0. The van der Waals surface area contributed by atoms with E-state index in [-0.39, 0.29) is 11.8 Å². The Hall–Kier alpha value is -2.62. The van der Waals surface area contributed by atoms with Gasteiger partial charge in [0.25, 0.3) is 0 Å². The van der Waals surface area contributed by atoms with Crippen LogP contribution in [-0.2, 0) is 17.8 Å².